The number of nitrogens with zero attached hydrogens (tertiary/aromatic N) is 5. The third-order valence-corrected chi connectivity index (χ3v) is 3.87. The van der Waals surface area contributed by atoms with Crippen LogP contribution in [0.1, 0.15) is 18.2 Å². The number of H-pyrrole nitrogens is 2. The zero-order valence-corrected chi connectivity index (χ0v) is 16.2. The van der Waals surface area contributed by atoms with Gasteiger partial charge in [0.25, 0.3) is 5.91 Å². The minimum atomic E-state index is -1.17. The first kappa shape index (κ1) is 20.9. The van der Waals surface area contributed by atoms with Crippen LogP contribution >= 0.6 is 0 Å². The molecule has 4 N–H and O–H groups in total. The summed E-state index contributed by atoms with van der Waals surface area (Å²) >= 11 is 0. The van der Waals surface area contributed by atoms with Gasteiger partial charge in [-0.15, -0.1) is 10.2 Å². The first-order chi connectivity index (χ1) is 15.0. The Bertz CT molecular complexity index is 1250. The van der Waals surface area contributed by atoms with Gasteiger partial charge in [-0.05, 0) is 13.0 Å². The van der Waals surface area contributed by atoms with E-state index in [0.29, 0.717) is 5.56 Å². The highest BCUT2D eigenvalue weighted by molar-refractivity contribution is 6.02. The molecule has 0 atom stereocenters. The summed E-state index contributed by atoms with van der Waals surface area (Å²) in [5.74, 6) is -3.40. The standard InChI is InChI=1S/C19H16N8O4/c1-2-31-19(30)16(28)15(25-26-17-14(7-20)22-10-23-17)18(29)27-24-9-11-8-21-13-6-4-3-5-12(11)13/h3-6,8-10,21,28H,2H2,1H3,(H,22,23)(H,27,29)/b16-15-,24-9?,26-25?. The number of fused-ring (bicyclic) bond motifs is 1. The number of carbonyl (C=O) groups excluding carboxylic acids is 2. The number of benzene rings is 1. The molecule has 0 bridgehead atoms. The molecule has 1 aromatic carbocycles. The molecular weight excluding hydrogens is 404 g/mol. The Balaban J connectivity index is 1.84. The summed E-state index contributed by atoms with van der Waals surface area (Å²) in [6.45, 7) is 1.49. The molecule has 0 radical (unpaired) electrons. The lowest BCUT2D eigenvalue weighted by Gasteiger charge is -2.04. The summed E-state index contributed by atoms with van der Waals surface area (Å²) in [5.41, 5.74) is 2.97. The van der Waals surface area contributed by atoms with Gasteiger partial charge >= 0.3 is 5.97 Å². The van der Waals surface area contributed by atoms with E-state index < -0.39 is 23.3 Å². The van der Waals surface area contributed by atoms with Gasteiger partial charge in [0.15, 0.2) is 5.69 Å². The molecule has 0 saturated carbocycles. The number of nitriles is 1. The van der Waals surface area contributed by atoms with Crippen molar-refractivity contribution in [2.24, 2.45) is 15.3 Å². The normalized spacial score (nSPS) is 12.1. The van der Waals surface area contributed by atoms with E-state index in [2.05, 4.69) is 40.4 Å². The fourth-order valence-electron chi connectivity index (χ4n) is 2.45. The zero-order chi connectivity index (χ0) is 22.2. The maximum absolute atomic E-state index is 12.5. The maximum Gasteiger partial charge on any atom is 0.376 e. The average Bonchev–Trinajstić information content (AvgIpc) is 3.40. The number of nitrogens with one attached hydrogen (secondary N) is 3. The van der Waals surface area contributed by atoms with Crippen LogP contribution in [0, 0.1) is 11.3 Å². The molecule has 31 heavy (non-hydrogen) atoms. The Morgan fingerprint density at radius 2 is 2.16 bits per heavy atom. The van der Waals surface area contributed by atoms with Crippen LogP contribution in [0.25, 0.3) is 10.9 Å². The van der Waals surface area contributed by atoms with Crippen molar-refractivity contribution < 1.29 is 19.4 Å². The lowest BCUT2D eigenvalue weighted by atomic mass is 10.2. The molecule has 3 rings (SSSR count). The number of ether oxygens (including phenoxy) is 1. The van der Waals surface area contributed by atoms with E-state index in [-0.39, 0.29) is 18.1 Å². The Hall–Kier alpha value is -4.79. The number of aliphatic hydroxyl groups is 1. The van der Waals surface area contributed by atoms with Crippen LogP contribution < -0.4 is 5.43 Å². The zero-order valence-electron chi connectivity index (χ0n) is 16.2. The van der Waals surface area contributed by atoms with Crippen molar-refractivity contribution in [2.45, 2.75) is 6.92 Å². The number of rotatable bonds is 7. The van der Waals surface area contributed by atoms with E-state index in [4.69, 9.17) is 5.26 Å². The minimum absolute atomic E-state index is 0.0171. The van der Waals surface area contributed by atoms with E-state index in [1.54, 1.807) is 12.3 Å². The molecule has 12 nitrogen and oxygen atoms in total. The molecule has 0 aliphatic heterocycles. The molecule has 0 aliphatic rings. The van der Waals surface area contributed by atoms with Gasteiger partial charge in [-0.2, -0.15) is 10.4 Å². The second kappa shape index (κ2) is 9.61. The molecule has 3 aromatic rings. The number of aromatic nitrogens is 3. The number of hydrogen-bond donors (Lipinski definition) is 4. The van der Waals surface area contributed by atoms with Crippen molar-refractivity contribution in [2.75, 3.05) is 6.61 Å². The summed E-state index contributed by atoms with van der Waals surface area (Å²) in [6.07, 6.45) is 4.29. The predicted octanol–water partition coefficient (Wildman–Crippen LogP) is 2.33. The van der Waals surface area contributed by atoms with Crippen LogP contribution in [0.5, 0.6) is 0 Å². The fraction of sp³-hybridized carbons (Fsp3) is 0.105. The largest absolute Gasteiger partial charge is 0.500 e. The van der Waals surface area contributed by atoms with E-state index >= 15 is 0 Å². The summed E-state index contributed by atoms with van der Waals surface area (Å²) in [4.78, 5) is 33.7. The number of azo groups is 1. The monoisotopic (exact) mass is 420 g/mol. The molecule has 0 unspecified atom stereocenters. The van der Waals surface area contributed by atoms with Gasteiger partial charge in [0, 0.05) is 22.7 Å². The number of hydrazone groups is 1. The minimum Gasteiger partial charge on any atom is -0.500 e. The third kappa shape index (κ3) is 4.80. The van der Waals surface area contributed by atoms with E-state index in [9.17, 15) is 14.7 Å². The number of imidazole rings is 1. The number of para-hydroxylation sites is 1. The van der Waals surface area contributed by atoms with E-state index in [1.807, 2.05) is 24.3 Å². The second-order valence-electron chi connectivity index (χ2n) is 5.82. The molecule has 2 aromatic heterocycles. The molecule has 12 heteroatoms. The topological polar surface area (TPSA) is 181 Å². The van der Waals surface area contributed by atoms with Crippen molar-refractivity contribution >= 4 is 34.8 Å². The number of aromatic amines is 2. The number of amides is 1. The second-order valence-corrected chi connectivity index (χ2v) is 5.82. The molecule has 156 valence electrons. The highest BCUT2D eigenvalue weighted by atomic mass is 16.5. The van der Waals surface area contributed by atoms with Crippen molar-refractivity contribution in [3.05, 3.63) is 59.5 Å². The van der Waals surface area contributed by atoms with Crippen LogP contribution in [0.15, 0.2) is 63.6 Å². The van der Waals surface area contributed by atoms with Crippen molar-refractivity contribution in [1.82, 2.24) is 20.4 Å². The molecular formula is C19H16N8O4. The quantitative estimate of drug-likeness (QED) is 0.114. The van der Waals surface area contributed by atoms with Gasteiger partial charge in [-0.3, -0.25) is 4.79 Å². The van der Waals surface area contributed by atoms with Gasteiger partial charge < -0.3 is 19.8 Å². The van der Waals surface area contributed by atoms with E-state index in [1.165, 1.54) is 19.5 Å². The predicted molar refractivity (Wildman–Crippen MR) is 108 cm³/mol. The Morgan fingerprint density at radius 1 is 1.35 bits per heavy atom. The maximum atomic E-state index is 12.5. The molecule has 1 amide bonds. The Labute approximate surface area is 175 Å². The summed E-state index contributed by atoms with van der Waals surface area (Å²) in [5, 5.41) is 31.0. The van der Waals surface area contributed by atoms with Gasteiger partial charge in [-0.1, -0.05) is 18.2 Å². The van der Waals surface area contributed by atoms with Crippen LogP contribution in [0.4, 0.5) is 5.82 Å². The molecule has 0 saturated heterocycles. The van der Waals surface area contributed by atoms with Crippen molar-refractivity contribution in [1.29, 1.82) is 5.26 Å². The Morgan fingerprint density at radius 3 is 2.94 bits per heavy atom. The number of carbonyl (C=O) groups is 2. The van der Waals surface area contributed by atoms with Crippen LogP contribution in [-0.4, -0.2) is 44.8 Å². The lowest BCUT2D eigenvalue weighted by Crippen LogP contribution is -2.22. The van der Waals surface area contributed by atoms with Gasteiger partial charge in [0.1, 0.15) is 6.07 Å². The van der Waals surface area contributed by atoms with Gasteiger partial charge in [0.05, 0.1) is 19.1 Å². The highest BCUT2D eigenvalue weighted by Crippen LogP contribution is 2.17. The number of hydrogen-bond acceptors (Lipinski definition) is 9. The first-order valence-electron chi connectivity index (χ1n) is 8.90. The SMILES string of the molecule is CCOC(=O)/C(O)=C(/N=Nc1nc[nH]c1C#N)C(=O)NN=Cc1c[nH]c2ccccc12. The summed E-state index contributed by atoms with van der Waals surface area (Å²) < 4.78 is 4.68. The molecule has 0 fully saturated rings. The summed E-state index contributed by atoms with van der Waals surface area (Å²) in [6, 6.07) is 9.28. The Kier molecular flexibility index (Phi) is 6.49. The molecule has 2 heterocycles. The lowest BCUT2D eigenvalue weighted by molar-refractivity contribution is -0.142. The average molecular weight is 420 g/mol. The smallest absolute Gasteiger partial charge is 0.376 e. The molecule has 0 spiro atoms. The van der Waals surface area contributed by atoms with Gasteiger partial charge in [-0.25, -0.2) is 15.2 Å². The number of esters is 1. The van der Waals surface area contributed by atoms with Crippen molar-refractivity contribution in [3.8, 4) is 6.07 Å². The number of aliphatic hydroxyl groups excluding tert-OH is 1. The van der Waals surface area contributed by atoms with Crippen LogP contribution in [-0.2, 0) is 14.3 Å². The van der Waals surface area contributed by atoms with Crippen molar-refractivity contribution in [3.63, 3.8) is 0 Å². The van der Waals surface area contributed by atoms with Crippen LogP contribution in [0.2, 0.25) is 0 Å². The highest BCUT2D eigenvalue weighted by Gasteiger charge is 2.22. The first-order valence-corrected chi connectivity index (χ1v) is 8.90. The van der Waals surface area contributed by atoms with Gasteiger partial charge in [0.2, 0.25) is 17.3 Å². The van der Waals surface area contributed by atoms with Crippen LogP contribution in [0.3, 0.4) is 0 Å². The fourth-order valence-corrected chi connectivity index (χ4v) is 2.45. The molecule has 0 aliphatic carbocycles. The third-order valence-electron chi connectivity index (χ3n) is 3.87. The summed E-state index contributed by atoms with van der Waals surface area (Å²) in [7, 11) is 0. The van der Waals surface area contributed by atoms with E-state index in [0.717, 1.165) is 10.9 Å².